The first-order chi connectivity index (χ1) is 14.0. The summed E-state index contributed by atoms with van der Waals surface area (Å²) >= 11 is 0. The molecular weight excluding hydrogens is 376 g/mol. The second-order valence-electron chi connectivity index (χ2n) is 10.8. The van der Waals surface area contributed by atoms with Gasteiger partial charge in [0.05, 0.1) is 23.9 Å². The Hall–Kier alpha value is -0.940. The summed E-state index contributed by atoms with van der Waals surface area (Å²) in [5, 5.41) is 30.1. The van der Waals surface area contributed by atoms with E-state index >= 15 is 0 Å². The van der Waals surface area contributed by atoms with Gasteiger partial charge in [-0.25, -0.2) is 0 Å². The molecule has 4 heteroatoms. The highest BCUT2D eigenvalue weighted by Gasteiger charge is 2.51. The van der Waals surface area contributed by atoms with Gasteiger partial charge in [-0.05, 0) is 94.1 Å². The first kappa shape index (κ1) is 23.7. The summed E-state index contributed by atoms with van der Waals surface area (Å²) < 4.78 is 6.19. The second-order valence-corrected chi connectivity index (χ2v) is 10.8. The van der Waals surface area contributed by atoms with Crippen molar-refractivity contribution in [2.24, 2.45) is 17.3 Å². The molecule has 6 atom stereocenters. The van der Waals surface area contributed by atoms with Crippen LogP contribution in [0.15, 0.2) is 35.5 Å². The molecule has 3 fully saturated rings. The molecule has 0 spiro atoms. The van der Waals surface area contributed by atoms with E-state index in [0.717, 1.165) is 17.6 Å². The summed E-state index contributed by atoms with van der Waals surface area (Å²) in [5.74, 6) is 1.11. The van der Waals surface area contributed by atoms with Gasteiger partial charge in [0.25, 0.3) is 0 Å². The van der Waals surface area contributed by atoms with Crippen LogP contribution in [0.1, 0.15) is 79.1 Å². The molecule has 170 valence electrons. The minimum Gasteiger partial charge on any atom is -0.393 e. The molecule has 2 unspecified atom stereocenters. The lowest BCUT2D eigenvalue weighted by Crippen LogP contribution is -2.39. The van der Waals surface area contributed by atoms with Crippen LogP contribution >= 0.6 is 0 Å². The first-order valence-electron chi connectivity index (χ1n) is 11.8. The summed E-state index contributed by atoms with van der Waals surface area (Å²) in [6.07, 6.45) is 11.0. The lowest BCUT2D eigenvalue weighted by atomic mass is 9.62. The molecule has 0 heterocycles. The largest absolute Gasteiger partial charge is 0.393 e. The monoisotopic (exact) mass is 418 g/mol. The Balaban J connectivity index is 1.70. The van der Waals surface area contributed by atoms with Crippen LogP contribution in [0.3, 0.4) is 0 Å². The molecular formula is C26H42O4. The average Bonchev–Trinajstić information content (AvgIpc) is 3.00. The van der Waals surface area contributed by atoms with Crippen molar-refractivity contribution < 1.29 is 20.1 Å². The van der Waals surface area contributed by atoms with E-state index in [4.69, 9.17) is 4.74 Å². The number of ether oxygens (including phenoxy) is 1. The highest BCUT2D eigenvalue weighted by molar-refractivity contribution is 5.38. The van der Waals surface area contributed by atoms with E-state index in [2.05, 4.69) is 32.6 Å². The summed E-state index contributed by atoms with van der Waals surface area (Å²) in [6.45, 7) is 13.0. The summed E-state index contributed by atoms with van der Waals surface area (Å²) in [5.41, 5.74) is 2.82. The Labute approximate surface area is 182 Å². The van der Waals surface area contributed by atoms with Crippen LogP contribution < -0.4 is 0 Å². The maximum absolute atomic E-state index is 10.1. The molecule has 0 bridgehead atoms. The lowest BCUT2D eigenvalue weighted by Gasteiger charge is -2.44. The van der Waals surface area contributed by atoms with Gasteiger partial charge in [-0.15, -0.1) is 0 Å². The molecule has 3 rings (SSSR count). The minimum atomic E-state index is -0.680. The van der Waals surface area contributed by atoms with E-state index in [9.17, 15) is 15.3 Å². The van der Waals surface area contributed by atoms with Gasteiger partial charge >= 0.3 is 0 Å². The standard InChI is InChI=1S/C26H42O4/c1-17-20(15-21(27)16-24(17)28)9-8-19-7-6-12-26(5)22(10-11-23(19)26)18(2)30-14-13-25(3,4)29/h8-9,18,21-24,27-29H,1,6-7,10-16H2,2-5H3/t18-,21+,22+,23?,24-,26?/m0/s1. The molecule has 30 heavy (non-hydrogen) atoms. The molecule has 3 saturated carbocycles. The van der Waals surface area contributed by atoms with Gasteiger partial charge in [-0.2, -0.15) is 0 Å². The van der Waals surface area contributed by atoms with Gasteiger partial charge in [0, 0.05) is 13.0 Å². The quantitative estimate of drug-likeness (QED) is 0.585. The van der Waals surface area contributed by atoms with E-state index in [-0.39, 0.29) is 11.5 Å². The average molecular weight is 419 g/mol. The van der Waals surface area contributed by atoms with Crippen LogP contribution in [0.2, 0.25) is 0 Å². The van der Waals surface area contributed by atoms with Crippen molar-refractivity contribution >= 4 is 0 Å². The van der Waals surface area contributed by atoms with Crippen LogP contribution in [0, 0.1) is 17.3 Å². The van der Waals surface area contributed by atoms with E-state index in [1.165, 1.54) is 31.3 Å². The predicted molar refractivity (Wildman–Crippen MR) is 121 cm³/mol. The zero-order valence-corrected chi connectivity index (χ0v) is 19.4. The van der Waals surface area contributed by atoms with Crippen molar-refractivity contribution in [3.8, 4) is 0 Å². The van der Waals surface area contributed by atoms with E-state index < -0.39 is 17.8 Å². The maximum Gasteiger partial charge on any atom is 0.0811 e. The summed E-state index contributed by atoms with van der Waals surface area (Å²) in [7, 11) is 0. The van der Waals surface area contributed by atoms with E-state index in [1.807, 2.05) is 13.8 Å². The molecule has 3 aliphatic carbocycles. The molecule has 0 aliphatic heterocycles. The van der Waals surface area contributed by atoms with Gasteiger partial charge in [-0.1, -0.05) is 31.2 Å². The van der Waals surface area contributed by atoms with Crippen LogP contribution in [0.25, 0.3) is 0 Å². The molecule has 0 amide bonds. The number of aliphatic hydroxyl groups is 3. The van der Waals surface area contributed by atoms with Crippen molar-refractivity contribution in [1.82, 2.24) is 0 Å². The van der Waals surface area contributed by atoms with Gasteiger partial charge < -0.3 is 20.1 Å². The number of aliphatic hydroxyl groups excluding tert-OH is 2. The predicted octanol–water partition coefficient (Wildman–Crippen LogP) is 4.69. The number of rotatable bonds is 6. The third-order valence-electron chi connectivity index (χ3n) is 7.96. The maximum atomic E-state index is 10.1. The molecule has 3 aliphatic rings. The van der Waals surface area contributed by atoms with E-state index in [0.29, 0.717) is 37.7 Å². The number of fused-ring (bicyclic) bond motifs is 1. The molecule has 0 radical (unpaired) electrons. The summed E-state index contributed by atoms with van der Waals surface area (Å²) in [4.78, 5) is 0. The van der Waals surface area contributed by atoms with Crippen molar-refractivity contribution in [1.29, 1.82) is 0 Å². The number of allylic oxidation sites excluding steroid dienone is 3. The van der Waals surface area contributed by atoms with Crippen molar-refractivity contribution in [3.63, 3.8) is 0 Å². The fourth-order valence-corrected chi connectivity index (χ4v) is 6.13. The highest BCUT2D eigenvalue weighted by atomic mass is 16.5. The Kier molecular flexibility index (Phi) is 7.33. The Morgan fingerprint density at radius 1 is 1.27 bits per heavy atom. The normalized spacial score (nSPS) is 38.8. The SMILES string of the molecule is C=C1C(=CC=C2CCCC3(C)C2CC[C@@H]3[C@H](C)OCCC(C)(C)O)C[C@@H](O)C[C@@H]1O. The van der Waals surface area contributed by atoms with Crippen LogP contribution in [-0.2, 0) is 4.74 Å². The lowest BCUT2D eigenvalue weighted by molar-refractivity contribution is -0.0454. The van der Waals surface area contributed by atoms with Crippen LogP contribution in [0.5, 0.6) is 0 Å². The molecule has 3 N–H and O–H groups in total. The number of hydrogen-bond acceptors (Lipinski definition) is 4. The molecule has 0 aromatic rings. The highest BCUT2D eigenvalue weighted by Crippen LogP contribution is 2.58. The Morgan fingerprint density at radius 2 is 2.00 bits per heavy atom. The first-order valence-corrected chi connectivity index (χ1v) is 11.8. The minimum absolute atomic E-state index is 0.198. The Morgan fingerprint density at radius 3 is 2.70 bits per heavy atom. The van der Waals surface area contributed by atoms with Crippen molar-refractivity contribution in [3.05, 3.63) is 35.5 Å². The van der Waals surface area contributed by atoms with Gasteiger partial charge in [0.2, 0.25) is 0 Å². The summed E-state index contributed by atoms with van der Waals surface area (Å²) in [6, 6.07) is 0. The molecule has 0 aromatic carbocycles. The zero-order valence-electron chi connectivity index (χ0n) is 19.4. The fourth-order valence-electron chi connectivity index (χ4n) is 6.13. The molecule has 0 aromatic heterocycles. The second kappa shape index (κ2) is 9.28. The van der Waals surface area contributed by atoms with Crippen molar-refractivity contribution in [2.75, 3.05) is 6.61 Å². The Bertz CT molecular complexity index is 686. The van der Waals surface area contributed by atoms with Crippen molar-refractivity contribution in [2.45, 2.75) is 103 Å². The topological polar surface area (TPSA) is 69.9 Å². The fraction of sp³-hybridized carbons (Fsp3) is 0.769. The van der Waals surface area contributed by atoms with Gasteiger partial charge in [-0.3, -0.25) is 0 Å². The number of hydrogen-bond donors (Lipinski definition) is 3. The molecule has 4 nitrogen and oxygen atoms in total. The third kappa shape index (κ3) is 5.27. The smallest absolute Gasteiger partial charge is 0.0811 e. The van der Waals surface area contributed by atoms with Crippen LogP contribution in [0.4, 0.5) is 0 Å². The van der Waals surface area contributed by atoms with Crippen LogP contribution in [-0.4, -0.2) is 45.8 Å². The van der Waals surface area contributed by atoms with E-state index in [1.54, 1.807) is 0 Å². The van der Waals surface area contributed by atoms with Gasteiger partial charge in [0.1, 0.15) is 0 Å². The molecule has 0 saturated heterocycles. The zero-order chi connectivity index (χ0) is 22.1. The third-order valence-corrected chi connectivity index (χ3v) is 7.96. The van der Waals surface area contributed by atoms with Gasteiger partial charge in [0.15, 0.2) is 0 Å².